The Labute approximate surface area is 106 Å². The average Bonchev–Trinajstić information content (AvgIpc) is 2.58. The number of nitrogens with zero attached hydrogens (tertiary/aromatic N) is 1. The zero-order valence-corrected chi connectivity index (χ0v) is 11.5. The van der Waals surface area contributed by atoms with Crippen molar-refractivity contribution in [3.05, 3.63) is 0 Å². The van der Waals surface area contributed by atoms with Crippen molar-refractivity contribution in [1.82, 2.24) is 10.2 Å². The van der Waals surface area contributed by atoms with E-state index in [0.717, 1.165) is 0 Å². The van der Waals surface area contributed by atoms with E-state index < -0.39 is 17.6 Å². The molecular weight excluding hydrogens is 240 g/mol. The van der Waals surface area contributed by atoms with Crippen LogP contribution in [0.1, 0.15) is 27.7 Å². The minimum atomic E-state index is -0.928. The predicted molar refractivity (Wildman–Crippen MR) is 67.9 cm³/mol. The smallest absolute Gasteiger partial charge is 0.327 e. The lowest BCUT2D eigenvalue weighted by Crippen LogP contribution is -2.58. The highest BCUT2D eigenvalue weighted by Crippen LogP contribution is 2.30. The van der Waals surface area contributed by atoms with Crippen LogP contribution in [0.15, 0.2) is 0 Å². The zero-order chi connectivity index (χ0) is 13.2. The summed E-state index contributed by atoms with van der Waals surface area (Å²) < 4.78 is 0. The lowest BCUT2D eigenvalue weighted by molar-refractivity contribution is -0.151. The molecule has 2 unspecified atom stereocenters. The fourth-order valence-corrected chi connectivity index (χ4v) is 3.15. The maximum Gasteiger partial charge on any atom is 0.327 e. The van der Waals surface area contributed by atoms with E-state index in [1.165, 1.54) is 16.7 Å². The topological polar surface area (TPSA) is 69.6 Å². The first kappa shape index (κ1) is 14.3. The number of likely N-dealkylation sites (N-methyl/N-ethyl adjacent to an activating group) is 1. The Morgan fingerprint density at radius 3 is 2.59 bits per heavy atom. The summed E-state index contributed by atoms with van der Waals surface area (Å²) in [6.45, 7) is 8.03. The van der Waals surface area contributed by atoms with Gasteiger partial charge in [0.15, 0.2) is 0 Å². The quantitative estimate of drug-likeness (QED) is 0.780. The van der Waals surface area contributed by atoms with Crippen molar-refractivity contribution >= 4 is 23.6 Å². The average molecular weight is 260 g/mol. The van der Waals surface area contributed by atoms with E-state index in [4.69, 9.17) is 5.11 Å². The first-order chi connectivity index (χ1) is 7.81. The van der Waals surface area contributed by atoms with Crippen molar-refractivity contribution in [2.75, 3.05) is 12.3 Å². The number of hydrogen-bond donors (Lipinski definition) is 2. The summed E-state index contributed by atoms with van der Waals surface area (Å²) in [5, 5.41) is 12.1. The second kappa shape index (κ2) is 5.27. The number of carbonyl (C=O) groups excluding carboxylic acids is 1. The third-order valence-electron chi connectivity index (χ3n) is 2.90. The predicted octanol–water partition coefficient (Wildman–Crippen LogP) is 0.749. The molecule has 1 aliphatic heterocycles. The molecule has 0 aromatic carbocycles. The Morgan fingerprint density at radius 1 is 1.53 bits per heavy atom. The summed E-state index contributed by atoms with van der Waals surface area (Å²) in [6.07, 6.45) is 0. The molecule has 0 aromatic rings. The number of amides is 1. The van der Waals surface area contributed by atoms with E-state index in [-0.39, 0.29) is 11.3 Å². The van der Waals surface area contributed by atoms with Gasteiger partial charge in [0.25, 0.3) is 0 Å². The fourth-order valence-electron chi connectivity index (χ4n) is 1.98. The van der Waals surface area contributed by atoms with Gasteiger partial charge in [-0.2, -0.15) is 0 Å². The molecule has 0 saturated carbocycles. The van der Waals surface area contributed by atoms with E-state index in [1.807, 2.05) is 13.8 Å². The molecule has 0 bridgehead atoms. The Bertz CT molecular complexity index is 320. The van der Waals surface area contributed by atoms with Crippen LogP contribution in [-0.2, 0) is 9.59 Å². The van der Waals surface area contributed by atoms with E-state index in [1.54, 1.807) is 13.8 Å². The van der Waals surface area contributed by atoms with Gasteiger partial charge in [-0.1, -0.05) is 6.92 Å². The van der Waals surface area contributed by atoms with E-state index in [2.05, 4.69) is 5.32 Å². The molecule has 1 heterocycles. The Morgan fingerprint density at radius 2 is 2.12 bits per heavy atom. The molecule has 1 fully saturated rings. The van der Waals surface area contributed by atoms with E-state index >= 15 is 0 Å². The van der Waals surface area contributed by atoms with Crippen LogP contribution in [-0.4, -0.2) is 51.1 Å². The first-order valence-electron chi connectivity index (χ1n) is 5.73. The summed E-state index contributed by atoms with van der Waals surface area (Å²) >= 11 is 1.50. The highest BCUT2D eigenvalue weighted by Gasteiger charge is 2.44. The number of carbonyl (C=O) groups is 2. The minimum absolute atomic E-state index is 0.0819. The van der Waals surface area contributed by atoms with Gasteiger partial charge >= 0.3 is 5.97 Å². The molecular formula is C11H20N2O3S. The maximum atomic E-state index is 12.4. The van der Waals surface area contributed by atoms with Crippen molar-refractivity contribution in [2.45, 2.75) is 44.6 Å². The van der Waals surface area contributed by atoms with Crippen LogP contribution in [0.25, 0.3) is 0 Å². The van der Waals surface area contributed by atoms with Gasteiger partial charge in [0.2, 0.25) is 5.91 Å². The summed E-state index contributed by atoms with van der Waals surface area (Å²) in [4.78, 5) is 25.0. The van der Waals surface area contributed by atoms with Gasteiger partial charge in [-0.15, -0.1) is 11.8 Å². The molecule has 0 spiro atoms. The first-order valence-corrected chi connectivity index (χ1v) is 6.78. The van der Waals surface area contributed by atoms with Crippen LogP contribution in [0.5, 0.6) is 0 Å². The summed E-state index contributed by atoms with van der Waals surface area (Å²) in [5.41, 5.74) is -0.721. The lowest BCUT2D eigenvalue weighted by Gasteiger charge is -2.34. The van der Waals surface area contributed by atoms with Crippen LogP contribution >= 0.6 is 11.8 Å². The number of hydrogen-bond acceptors (Lipinski definition) is 4. The van der Waals surface area contributed by atoms with Crippen LogP contribution in [0, 0.1) is 0 Å². The lowest BCUT2D eigenvalue weighted by atomic mass is 10.0. The molecule has 0 radical (unpaired) electrons. The van der Waals surface area contributed by atoms with Gasteiger partial charge < -0.3 is 15.3 Å². The molecule has 1 saturated heterocycles. The van der Waals surface area contributed by atoms with Gasteiger partial charge in [-0.25, -0.2) is 4.79 Å². The van der Waals surface area contributed by atoms with Crippen LogP contribution < -0.4 is 5.32 Å². The van der Waals surface area contributed by atoms with Gasteiger partial charge in [-0.05, 0) is 27.3 Å². The maximum absolute atomic E-state index is 12.4. The summed E-state index contributed by atoms with van der Waals surface area (Å²) in [6, 6.07) is -0.708. The van der Waals surface area contributed by atoms with Crippen LogP contribution in [0.3, 0.4) is 0 Å². The largest absolute Gasteiger partial charge is 0.480 e. The second-order valence-corrected chi connectivity index (χ2v) is 6.00. The van der Waals surface area contributed by atoms with Crippen molar-refractivity contribution in [1.29, 1.82) is 0 Å². The van der Waals surface area contributed by atoms with Crippen LogP contribution in [0.4, 0.5) is 0 Å². The van der Waals surface area contributed by atoms with Gasteiger partial charge in [0, 0.05) is 5.75 Å². The number of carboxylic acid groups (broad SMARTS) is 1. The standard InChI is InChI=1S/C11H20N2O3S/c1-5-12-11(3,4)10(16)13-7(2)17-6-8(13)9(14)15/h7-8,12H,5-6H2,1-4H3,(H,14,15). The SMILES string of the molecule is CCNC(C)(C)C(=O)N1C(C)SCC1C(=O)O. The Kier molecular flexibility index (Phi) is 4.43. The molecule has 98 valence electrons. The number of rotatable bonds is 4. The van der Waals surface area contributed by atoms with Gasteiger partial charge in [0.05, 0.1) is 10.9 Å². The molecule has 1 amide bonds. The third kappa shape index (κ3) is 2.93. The Hall–Kier alpha value is -0.750. The van der Waals surface area contributed by atoms with E-state index in [0.29, 0.717) is 12.3 Å². The Balaban J connectivity index is 2.89. The molecule has 6 heteroatoms. The molecule has 0 aromatic heterocycles. The molecule has 1 aliphatic rings. The van der Waals surface area contributed by atoms with Crippen molar-refractivity contribution in [3.63, 3.8) is 0 Å². The third-order valence-corrected chi connectivity index (χ3v) is 4.11. The monoisotopic (exact) mass is 260 g/mol. The summed E-state index contributed by atoms with van der Waals surface area (Å²) in [5.74, 6) is -0.614. The van der Waals surface area contributed by atoms with Gasteiger partial charge in [-0.3, -0.25) is 4.79 Å². The van der Waals surface area contributed by atoms with Crippen molar-refractivity contribution in [2.24, 2.45) is 0 Å². The summed E-state index contributed by atoms with van der Waals surface area (Å²) in [7, 11) is 0. The fraction of sp³-hybridized carbons (Fsp3) is 0.818. The molecule has 5 nitrogen and oxygen atoms in total. The number of nitrogens with one attached hydrogen (secondary N) is 1. The van der Waals surface area contributed by atoms with Crippen molar-refractivity contribution < 1.29 is 14.7 Å². The van der Waals surface area contributed by atoms with Crippen molar-refractivity contribution in [3.8, 4) is 0 Å². The molecule has 0 aliphatic carbocycles. The molecule has 17 heavy (non-hydrogen) atoms. The zero-order valence-electron chi connectivity index (χ0n) is 10.7. The highest BCUT2D eigenvalue weighted by molar-refractivity contribution is 8.00. The molecule has 2 atom stereocenters. The number of thioether (sulfide) groups is 1. The number of aliphatic carboxylic acids is 1. The highest BCUT2D eigenvalue weighted by atomic mass is 32.2. The number of carboxylic acids is 1. The minimum Gasteiger partial charge on any atom is -0.480 e. The van der Waals surface area contributed by atoms with E-state index in [9.17, 15) is 9.59 Å². The van der Waals surface area contributed by atoms with Gasteiger partial charge in [0.1, 0.15) is 6.04 Å². The van der Waals surface area contributed by atoms with Crippen LogP contribution in [0.2, 0.25) is 0 Å². The molecule has 1 rings (SSSR count). The molecule has 2 N–H and O–H groups in total. The second-order valence-electron chi connectivity index (χ2n) is 4.65. The normalized spacial score (nSPS) is 25.1.